The van der Waals surface area contributed by atoms with Gasteiger partial charge in [-0.3, -0.25) is 14.6 Å². The molecule has 0 aliphatic heterocycles. The van der Waals surface area contributed by atoms with Gasteiger partial charge in [-0.15, -0.1) is 0 Å². The van der Waals surface area contributed by atoms with E-state index in [2.05, 4.69) is 10.3 Å². The summed E-state index contributed by atoms with van der Waals surface area (Å²) in [6, 6.07) is 8.40. The van der Waals surface area contributed by atoms with Crippen LogP contribution in [-0.2, 0) is 16.1 Å². The minimum absolute atomic E-state index is 0.128. The van der Waals surface area contributed by atoms with Gasteiger partial charge in [-0.05, 0) is 29.8 Å². The number of carbonyl (C=O) groups is 2. The lowest BCUT2D eigenvalue weighted by molar-refractivity contribution is -0.123. The predicted octanol–water partition coefficient (Wildman–Crippen LogP) is 3.06. The second-order valence-electron chi connectivity index (χ2n) is 4.84. The van der Waals surface area contributed by atoms with Crippen molar-refractivity contribution in [3.8, 4) is 0 Å². The molecule has 1 heterocycles. The van der Waals surface area contributed by atoms with Gasteiger partial charge in [0.05, 0.1) is 10.7 Å². The van der Waals surface area contributed by atoms with Crippen LogP contribution in [0.15, 0.2) is 42.7 Å². The lowest BCUT2D eigenvalue weighted by atomic mass is 10.2. The molecular weight excluding hydrogens is 337 g/mol. The van der Waals surface area contributed by atoms with Gasteiger partial charge in [0.2, 0.25) is 11.8 Å². The van der Waals surface area contributed by atoms with Gasteiger partial charge in [0.15, 0.2) is 0 Å². The SMILES string of the molecule is CC(=O)N(CC(=O)NCc1cccnc1)c1ccc(Cl)cc1Cl. The Kier molecular flexibility index (Phi) is 5.96. The third kappa shape index (κ3) is 4.94. The molecule has 1 N–H and O–H groups in total. The van der Waals surface area contributed by atoms with E-state index in [1.165, 1.54) is 17.9 Å². The van der Waals surface area contributed by atoms with Crippen molar-refractivity contribution in [2.45, 2.75) is 13.5 Å². The number of benzene rings is 1. The van der Waals surface area contributed by atoms with E-state index in [1.807, 2.05) is 6.07 Å². The van der Waals surface area contributed by atoms with Crippen LogP contribution >= 0.6 is 23.2 Å². The third-order valence-corrected chi connectivity index (χ3v) is 3.63. The quantitative estimate of drug-likeness (QED) is 0.900. The zero-order valence-electron chi connectivity index (χ0n) is 12.4. The van der Waals surface area contributed by atoms with Crippen LogP contribution in [0.3, 0.4) is 0 Å². The molecule has 0 spiro atoms. The first-order valence-electron chi connectivity index (χ1n) is 6.86. The standard InChI is InChI=1S/C16H15Cl2N3O2/c1-11(22)21(15-5-4-13(17)7-14(15)18)10-16(23)20-9-12-3-2-6-19-8-12/h2-8H,9-10H2,1H3,(H,20,23). The summed E-state index contributed by atoms with van der Waals surface area (Å²) in [4.78, 5) is 29.2. The molecule has 0 atom stereocenters. The number of hydrogen-bond donors (Lipinski definition) is 1. The largest absolute Gasteiger partial charge is 0.350 e. The molecule has 7 heteroatoms. The van der Waals surface area contributed by atoms with E-state index in [1.54, 1.807) is 30.6 Å². The summed E-state index contributed by atoms with van der Waals surface area (Å²) >= 11 is 12.0. The second kappa shape index (κ2) is 7.94. The summed E-state index contributed by atoms with van der Waals surface area (Å²) in [5.74, 6) is -0.583. The summed E-state index contributed by atoms with van der Waals surface area (Å²) in [6.45, 7) is 1.59. The Morgan fingerprint density at radius 2 is 2.04 bits per heavy atom. The Morgan fingerprint density at radius 1 is 1.26 bits per heavy atom. The van der Waals surface area contributed by atoms with E-state index in [9.17, 15) is 9.59 Å². The molecule has 0 saturated carbocycles. The molecule has 5 nitrogen and oxygen atoms in total. The number of aromatic nitrogens is 1. The molecule has 0 fully saturated rings. The van der Waals surface area contributed by atoms with E-state index in [0.29, 0.717) is 22.3 Å². The Bertz CT molecular complexity index is 708. The van der Waals surface area contributed by atoms with Crippen molar-refractivity contribution in [3.05, 3.63) is 58.3 Å². The van der Waals surface area contributed by atoms with Gasteiger partial charge in [-0.25, -0.2) is 0 Å². The molecule has 0 aliphatic rings. The number of hydrogen-bond acceptors (Lipinski definition) is 3. The fraction of sp³-hybridized carbons (Fsp3) is 0.188. The summed E-state index contributed by atoms with van der Waals surface area (Å²) in [6.07, 6.45) is 3.32. The van der Waals surface area contributed by atoms with Gasteiger partial charge in [0, 0.05) is 30.9 Å². The average molecular weight is 352 g/mol. The topological polar surface area (TPSA) is 62.3 Å². The predicted molar refractivity (Wildman–Crippen MR) is 90.6 cm³/mol. The van der Waals surface area contributed by atoms with Crippen LogP contribution in [0.2, 0.25) is 10.0 Å². The minimum Gasteiger partial charge on any atom is -0.350 e. The summed E-state index contributed by atoms with van der Waals surface area (Å²) in [5.41, 5.74) is 1.32. The van der Waals surface area contributed by atoms with Gasteiger partial charge >= 0.3 is 0 Å². The first-order chi connectivity index (χ1) is 11.0. The Labute approximate surface area is 144 Å². The lowest BCUT2D eigenvalue weighted by Crippen LogP contribution is -2.39. The normalized spacial score (nSPS) is 10.2. The van der Waals surface area contributed by atoms with Crippen molar-refractivity contribution >= 4 is 40.7 Å². The fourth-order valence-corrected chi connectivity index (χ4v) is 2.48. The highest BCUT2D eigenvalue weighted by molar-refractivity contribution is 6.36. The molecule has 0 aliphatic carbocycles. The van der Waals surface area contributed by atoms with Crippen molar-refractivity contribution in [2.75, 3.05) is 11.4 Å². The highest BCUT2D eigenvalue weighted by Crippen LogP contribution is 2.28. The van der Waals surface area contributed by atoms with Crippen LogP contribution in [-0.4, -0.2) is 23.3 Å². The second-order valence-corrected chi connectivity index (χ2v) is 5.68. The van der Waals surface area contributed by atoms with Crippen molar-refractivity contribution in [1.82, 2.24) is 10.3 Å². The molecule has 23 heavy (non-hydrogen) atoms. The van der Waals surface area contributed by atoms with Crippen LogP contribution in [0.5, 0.6) is 0 Å². The van der Waals surface area contributed by atoms with E-state index >= 15 is 0 Å². The molecule has 120 valence electrons. The third-order valence-electron chi connectivity index (χ3n) is 3.09. The number of carbonyl (C=O) groups excluding carboxylic acids is 2. The summed E-state index contributed by atoms with van der Waals surface area (Å²) in [7, 11) is 0. The maximum Gasteiger partial charge on any atom is 0.240 e. The first kappa shape index (κ1) is 17.2. The van der Waals surface area contributed by atoms with Gasteiger partial charge in [-0.2, -0.15) is 0 Å². The Morgan fingerprint density at radius 3 is 2.65 bits per heavy atom. The number of anilines is 1. The number of nitrogens with one attached hydrogen (secondary N) is 1. The van der Waals surface area contributed by atoms with Crippen LogP contribution in [0.25, 0.3) is 0 Å². The highest BCUT2D eigenvalue weighted by atomic mass is 35.5. The molecule has 0 unspecified atom stereocenters. The monoisotopic (exact) mass is 351 g/mol. The van der Waals surface area contributed by atoms with Crippen LogP contribution in [0.1, 0.15) is 12.5 Å². The highest BCUT2D eigenvalue weighted by Gasteiger charge is 2.18. The van der Waals surface area contributed by atoms with Gasteiger partial charge < -0.3 is 10.2 Å². The molecule has 1 aromatic carbocycles. The smallest absolute Gasteiger partial charge is 0.240 e. The van der Waals surface area contributed by atoms with E-state index < -0.39 is 0 Å². The Hall–Kier alpha value is -2.11. The molecule has 2 aromatic rings. The number of amides is 2. The minimum atomic E-state index is -0.296. The van der Waals surface area contributed by atoms with Crippen LogP contribution in [0.4, 0.5) is 5.69 Å². The maximum atomic E-state index is 12.1. The number of halogens is 2. The maximum absolute atomic E-state index is 12.1. The number of nitrogens with zero attached hydrogens (tertiary/aromatic N) is 2. The van der Waals surface area contributed by atoms with Crippen molar-refractivity contribution in [3.63, 3.8) is 0 Å². The fourth-order valence-electron chi connectivity index (χ4n) is 1.97. The lowest BCUT2D eigenvalue weighted by Gasteiger charge is -2.22. The van der Waals surface area contributed by atoms with Crippen LogP contribution in [0, 0.1) is 0 Å². The molecule has 2 rings (SSSR count). The van der Waals surface area contributed by atoms with Gasteiger partial charge in [0.1, 0.15) is 6.54 Å². The molecule has 0 saturated heterocycles. The van der Waals surface area contributed by atoms with E-state index in [-0.39, 0.29) is 18.4 Å². The summed E-state index contributed by atoms with van der Waals surface area (Å²) < 4.78 is 0. The van der Waals surface area contributed by atoms with Gasteiger partial charge in [-0.1, -0.05) is 29.3 Å². The van der Waals surface area contributed by atoms with E-state index in [0.717, 1.165) is 5.56 Å². The number of rotatable bonds is 5. The molecule has 0 bridgehead atoms. The van der Waals surface area contributed by atoms with Crippen molar-refractivity contribution < 1.29 is 9.59 Å². The summed E-state index contributed by atoms with van der Waals surface area (Å²) in [5, 5.41) is 3.52. The Balaban J connectivity index is 2.04. The zero-order chi connectivity index (χ0) is 16.8. The van der Waals surface area contributed by atoms with E-state index in [4.69, 9.17) is 23.2 Å². The first-order valence-corrected chi connectivity index (χ1v) is 7.61. The number of pyridine rings is 1. The van der Waals surface area contributed by atoms with Gasteiger partial charge in [0.25, 0.3) is 0 Å². The van der Waals surface area contributed by atoms with Crippen molar-refractivity contribution in [2.24, 2.45) is 0 Å². The molecule has 1 aromatic heterocycles. The van der Waals surface area contributed by atoms with Crippen LogP contribution < -0.4 is 10.2 Å². The molecule has 2 amide bonds. The van der Waals surface area contributed by atoms with Crippen molar-refractivity contribution in [1.29, 1.82) is 0 Å². The molecular formula is C16H15Cl2N3O2. The molecule has 0 radical (unpaired) electrons. The average Bonchev–Trinajstić information content (AvgIpc) is 2.52. The zero-order valence-corrected chi connectivity index (χ0v) is 13.9.